The standard InChI is InChI=1S/C24H17Cl2NO4/c1-13-3-2-4-16(11-13)27-21(14-5-8-17(28)9-6-14)20(23(30)24(27)31)22(29)15-7-10-18(25)19(26)12-15/h2-12,21,28-29H,1H3/b22-20-. The van der Waals surface area contributed by atoms with Crippen LogP contribution in [0.4, 0.5) is 5.69 Å². The van der Waals surface area contributed by atoms with Crippen LogP contribution in [0.2, 0.25) is 10.0 Å². The van der Waals surface area contributed by atoms with Gasteiger partial charge in [0.15, 0.2) is 0 Å². The van der Waals surface area contributed by atoms with Crippen molar-refractivity contribution >= 4 is 46.3 Å². The lowest BCUT2D eigenvalue weighted by Crippen LogP contribution is -2.29. The van der Waals surface area contributed by atoms with Gasteiger partial charge in [0, 0.05) is 11.3 Å². The third-order valence-electron chi connectivity index (χ3n) is 5.13. The second kappa shape index (κ2) is 8.10. The van der Waals surface area contributed by atoms with E-state index in [0.29, 0.717) is 16.3 Å². The minimum atomic E-state index is -0.892. The largest absolute Gasteiger partial charge is 0.508 e. The number of aliphatic hydroxyl groups is 1. The minimum Gasteiger partial charge on any atom is -0.508 e. The molecule has 1 saturated heterocycles. The number of amides is 1. The van der Waals surface area contributed by atoms with Crippen LogP contribution < -0.4 is 4.90 Å². The predicted molar refractivity (Wildman–Crippen MR) is 121 cm³/mol. The van der Waals surface area contributed by atoms with E-state index in [-0.39, 0.29) is 27.7 Å². The maximum atomic E-state index is 13.1. The highest BCUT2D eigenvalue weighted by Gasteiger charge is 2.47. The van der Waals surface area contributed by atoms with Crippen molar-refractivity contribution in [2.75, 3.05) is 4.90 Å². The Bertz CT molecular complexity index is 1230. The quantitative estimate of drug-likeness (QED) is 0.305. The molecule has 1 aliphatic rings. The van der Waals surface area contributed by atoms with Crippen molar-refractivity contribution in [2.24, 2.45) is 0 Å². The Morgan fingerprint density at radius 3 is 2.29 bits per heavy atom. The maximum absolute atomic E-state index is 13.1. The third-order valence-corrected chi connectivity index (χ3v) is 5.87. The molecule has 31 heavy (non-hydrogen) atoms. The van der Waals surface area contributed by atoms with Crippen molar-refractivity contribution in [1.82, 2.24) is 0 Å². The molecule has 1 aliphatic heterocycles. The number of aliphatic hydroxyl groups excluding tert-OH is 1. The van der Waals surface area contributed by atoms with Crippen molar-refractivity contribution in [3.8, 4) is 5.75 Å². The zero-order chi connectivity index (χ0) is 22.3. The van der Waals surface area contributed by atoms with Crippen molar-refractivity contribution < 1.29 is 19.8 Å². The van der Waals surface area contributed by atoms with Crippen molar-refractivity contribution in [3.63, 3.8) is 0 Å². The van der Waals surface area contributed by atoms with Crippen LogP contribution in [-0.2, 0) is 9.59 Å². The number of phenols is 1. The lowest BCUT2D eigenvalue weighted by atomic mass is 9.95. The summed E-state index contributed by atoms with van der Waals surface area (Å²) in [5.41, 5.74) is 2.18. The number of benzene rings is 3. The molecule has 3 aromatic rings. The van der Waals surface area contributed by atoms with E-state index in [9.17, 15) is 19.8 Å². The van der Waals surface area contributed by atoms with Gasteiger partial charge in [-0.1, -0.05) is 47.5 Å². The molecule has 0 bridgehead atoms. The zero-order valence-electron chi connectivity index (χ0n) is 16.3. The summed E-state index contributed by atoms with van der Waals surface area (Å²) in [6.07, 6.45) is 0. The first-order chi connectivity index (χ1) is 14.8. The van der Waals surface area contributed by atoms with Crippen LogP contribution in [0, 0.1) is 6.92 Å². The number of nitrogens with zero attached hydrogens (tertiary/aromatic N) is 1. The fraction of sp³-hybridized carbons (Fsp3) is 0.0833. The average Bonchev–Trinajstić information content (AvgIpc) is 3.01. The molecular formula is C24H17Cl2NO4. The summed E-state index contributed by atoms with van der Waals surface area (Å²) in [7, 11) is 0. The molecule has 4 rings (SSSR count). The smallest absolute Gasteiger partial charge is 0.300 e. The van der Waals surface area contributed by atoms with Gasteiger partial charge in [-0.3, -0.25) is 14.5 Å². The first-order valence-corrected chi connectivity index (χ1v) is 10.2. The first kappa shape index (κ1) is 21.0. The highest BCUT2D eigenvalue weighted by Crippen LogP contribution is 2.43. The van der Waals surface area contributed by atoms with Crippen LogP contribution in [0.3, 0.4) is 0 Å². The summed E-state index contributed by atoms with van der Waals surface area (Å²) in [6, 6.07) is 16.9. The van der Waals surface area contributed by atoms with E-state index in [1.807, 2.05) is 13.0 Å². The van der Waals surface area contributed by atoms with Crippen LogP contribution in [0.5, 0.6) is 5.75 Å². The van der Waals surface area contributed by atoms with Gasteiger partial charge in [-0.2, -0.15) is 0 Å². The topological polar surface area (TPSA) is 77.8 Å². The summed E-state index contributed by atoms with van der Waals surface area (Å²) in [5.74, 6) is -1.89. The molecule has 0 radical (unpaired) electrons. The van der Waals surface area contributed by atoms with Crippen LogP contribution in [0.1, 0.15) is 22.7 Å². The lowest BCUT2D eigenvalue weighted by Gasteiger charge is -2.25. The number of aromatic hydroxyl groups is 1. The highest BCUT2D eigenvalue weighted by atomic mass is 35.5. The van der Waals surface area contributed by atoms with Crippen LogP contribution in [0.15, 0.2) is 72.3 Å². The Labute approximate surface area is 188 Å². The molecule has 156 valence electrons. The number of halogens is 2. The molecule has 7 heteroatoms. The minimum absolute atomic E-state index is 0.0424. The molecule has 1 fully saturated rings. The molecule has 3 aromatic carbocycles. The Kier molecular flexibility index (Phi) is 5.48. The summed E-state index contributed by atoms with van der Waals surface area (Å²) < 4.78 is 0. The molecule has 1 unspecified atom stereocenters. The number of anilines is 1. The fourth-order valence-electron chi connectivity index (χ4n) is 3.65. The van der Waals surface area contributed by atoms with Gasteiger partial charge in [-0.05, 0) is 60.5 Å². The second-order valence-corrected chi connectivity index (χ2v) is 8.04. The number of phenolic OH excluding ortho intramolecular Hbond substituents is 1. The van der Waals surface area contributed by atoms with Gasteiger partial charge in [-0.25, -0.2) is 0 Å². The summed E-state index contributed by atoms with van der Waals surface area (Å²) >= 11 is 12.1. The van der Waals surface area contributed by atoms with Crippen molar-refractivity contribution in [3.05, 3.63) is 99.0 Å². The number of hydrogen-bond donors (Lipinski definition) is 2. The van der Waals surface area contributed by atoms with E-state index in [0.717, 1.165) is 5.56 Å². The number of carbonyl (C=O) groups excluding carboxylic acids is 2. The number of carbonyl (C=O) groups is 2. The van der Waals surface area contributed by atoms with Crippen LogP contribution in [-0.4, -0.2) is 21.9 Å². The van der Waals surface area contributed by atoms with Crippen molar-refractivity contribution in [2.45, 2.75) is 13.0 Å². The molecule has 1 amide bonds. The van der Waals surface area contributed by atoms with Crippen LogP contribution in [0.25, 0.3) is 5.76 Å². The normalized spacial score (nSPS) is 17.9. The Morgan fingerprint density at radius 1 is 0.935 bits per heavy atom. The fourth-order valence-corrected chi connectivity index (χ4v) is 3.95. The molecule has 0 aromatic heterocycles. The Morgan fingerprint density at radius 2 is 1.65 bits per heavy atom. The van der Waals surface area contributed by atoms with E-state index >= 15 is 0 Å². The number of ketones is 1. The highest BCUT2D eigenvalue weighted by molar-refractivity contribution is 6.51. The van der Waals surface area contributed by atoms with Gasteiger partial charge in [0.05, 0.1) is 21.7 Å². The lowest BCUT2D eigenvalue weighted by molar-refractivity contribution is -0.132. The summed E-state index contributed by atoms with van der Waals surface area (Å²) in [6.45, 7) is 1.88. The van der Waals surface area contributed by atoms with Gasteiger partial charge in [-0.15, -0.1) is 0 Å². The molecule has 2 N–H and O–H groups in total. The van der Waals surface area contributed by atoms with E-state index in [1.165, 1.54) is 35.2 Å². The molecule has 1 heterocycles. The van der Waals surface area contributed by atoms with Gasteiger partial charge in [0.25, 0.3) is 11.7 Å². The monoisotopic (exact) mass is 453 g/mol. The second-order valence-electron chi connectivity index (χ2n) is 7.23. The predicted octanol–water partition coefficient (Wildman–Crippen LogP) is 5.63. The molecule has 5 nitrogen and oxygen atoms in total. The van der Waals surface area contributed by atoms with Gasteiger partial charge in [0.1, 0.15) is 11.5 Å². The molecule has 0 spiro atoms. The van der Waals surface area contributed by atoms with Gasteiger partial charge in [0.2, 0.25) is 0 Å². The van der Waals surface area contributed by atoms with E-state index in [1.54, 1.807) is 30.3 Å². The Balaban J connectivity index is 1.96. The van der Waals surface area contributed by atoms with Crippen LogP contribution >= 0.6 is 23.2 Å². The molecule has 1 atom stereocenters. The van der Waals surface area contributed by atoms with Crippen molar-refractivity contribution in [1.29, 1.82) is 0 Å². The average molecular weight is 454 g/mol. The van der Waals surface area contributed by atoms with Gasteiger partial charge >= 0.3 is 0 Å². The molecule has 0 saturated carbocycles. The maximum Gasteiger partial charge on any atom is 0.300 e. The first-order valence-electron chi connectivity index (χ1n) is 9.40. The van der Waals surface area contributed by atoms with E-state index < -0.39 is 17.7 Å². The SMILES string of the molecule is Cc1cccc(N2C(=O)C(=O)/C(=C(\O)c3ccc(Cl)c(Cl)c3)C2c2ccc(O)cc2)c1. The molecule has 0 aliphatic carbocycles. The number of hydrogen-bond acceptors (Lipinski definition) is 4. The zero-order valence-corrected chi connectivity index (χ0v) is 17.9. The number of aryl methyl sites for hydroxylation is 1. The Hall–Kier alpha value is -3.28. The number of rotatable bonds is 3. The third kappa shape index (κ3) is 3.78. The molecular weight excluding hydrogens is 437 g/mol. The summed E-state index contributed by atoms with van der Waals surface area (Å²) in [5, 5.41) is 21.3. The summed E-state index contributed by atoms with van der Waals surface area (Å²) in [4.78, 5) is 27.5. The van der Waals surface area contributed by atoms with E-state index in [2.05, 4.69) is 0 Å². The van der Waals surface area contributed by atoms with Gasteiger partial charge < -0.3 is 10.2 Å². The van der Waals surface area contributed by atoms with E-state index in [4.69, 9.17) is 23.2 Å². The number of Topliss-reactive ketones (excluding diaryl/α,β-unsaturated/α-hetero) is 1.